The highest BCUT2D eigenvalue weighted by Crippen LogP contribution is 2.36. The van der Waals surface area contributed by atoms with E-state index >= 15 is 0 Å². The van der Waals surface area contributed by atoms with Gasteiger partial charge in [0.1, 0.15) is 23.0 Å². The van der Waals surface area contributed by atoms with Gasteiger partial charge >= 0.3 is 0 Å². The largest absolute Gasteiger partial charge is 0.508 e. The molecule has 1 heterocycles. The molecule has 0 saturated heterocycles. The molecule has 0 radical (unpaired) electrons. The van der Waals surface area contributed by atoms with E-state index in [-0.39, 0.29) is 5.75 Å². The first-order chi connectivity index (χ1) is 20.6. The lowest BCUT2D eigenvalue weighted by molar-refractivity contribution is 0.241. The minimum atomic E-state index is 0.242. The van der Waals surface area contributed by atoms with Crippen LogP contribution in [0.4, 0.5) is 17.1 Å². The summed E-state index contributed by atoms with van der Waals surface area (Å²) in [6.07, 6.45) is 1.80. The normalized spacial score (nSPS) is 10.9. The van der Waals surface area contributed by atoms with Crippen molar-refractivity contribution in [3.63, 3.8) is 0 Å². The number of phenols is 1. The van der Waals surface area contributed by atoms with E-state index in [4.69, 9.17) is 14.2 Å². The van der Waals surface area contributed by atoms with E-state index in [1.54, 1.807) is 39.7 Å². The Kier molecular flexibility index (Phi) is 9.21. The van der Waals surface area contributed by atoms with E-state index in [0.717, 1.165) is 45.4 Å². The number of phenolic OH excluding ortho intramolecular Hbond substituents is 1. The number of anilines is 3. The maximum Gasteiger partial charge on any atom is 0.120 e. The van der Waals surface area contributed by atoms with Gasteiger partial charge in [0.15, 0.2) is 0 Å². The van der Waals surface area contributed by atoms with Crippen molar-refractivity contribution in [3.8, 4) is 23.0 Å². The van der Waals surface area contributed by atoms with Crippen LogP contribution in [-0.2, 0) is 19.6 Å². The minimum Gasteiger partial charge on any atom is -0.508 e. The molecular weight excluding hydrogens is 526 g/mol. The average Bonchev–Trinajstić information content (AvgIpc) is 3.04. The third-order valence-corrected chi connectivity index (χ3v) is 7.05. The van der Waals surface area contributed by atoms with Crippen LogP contribution in [-0.4, -0.2) is 36.3 Å². The highest BCUT2D eigenvalue weighted by atomic mass is 16.5. The molecule has 0 fully saturated rings. The number of methoxy groups -OCH3 is 3. The summed E-state index contributed by atoms with van der Waals surface area (Å²) >= 11 is 0. The maximum absolute atomic E-state index is 10.6. The number of rotatable bonds is 12. The molecular formula is C35H35N3O4. The van der Waals surface area contributed by atoms with Gasteiger partial charge in [0.2, 0.25) is 0 Å². The van der Waals surface area contributed by atoms with Gasteiger partial charge in [-0.05, 0) is 96.6 Å². The lowest BCUT2D eigenvalue weighted by atomic mass is 10.1. The Balaban J connectivity index is 1.43. The Labute approximate surface area is 247 Å². The predicted octanol–water partition coefficient (Wildman–Crippen LogP) is 7.49. The van der Waals surface area contributed by atoms with Gasteiger partial charge in [-0.2, -0.15) is 0 Å². The molecule has 0 atom stereocenters. The van der Waals surface area contributed by atoms with Gasteiger partial charge in [-0.25, -0.2) is 0 Å². The van der Waals surface area contributed by atoms with E-state index in [1.165, 1.54) is 0 Å². The van der Waals surface area contributed by atoms with Crippen LogP contribution in [0, 0.1) is 0 Å². The second-order valence-electron chi connectivity index (χ2n) is 9.86. The lowest BCUT2D eigenvalue weighted by Gasteiger charge is -2.27. The number of hydrogen-bond donors (Lipinski definition) is 1. The van der Waals surface area contributed by atoms with Crippen LogP contribution in [0.15, 0.2) is 115 Å². The first-order valence-corrected chi connectivity index (χ1v) is 13.7. The molecule has 5 aromatic rings. The highest BCUT2D eigenvalue weighted by Gasteiger charge is 2.16. The van der Waals surface area contributed by atoms with Crippen LogP contribution < -0.4 is 19.1 Å². The number of benzene rings is 4. The number of nitrogens with zero attached hydrogens (tertiary/aromatic N) is 3. The smallest absolute Gasteiger partial charge is 0.120 e. The van der Waals surface area contributed by atoms with Crippen molar-refractivity contribution in [3.05, 3.63) is 132 Å². The molecule has 0 aliphatic carbocycles. The minimum absolute atomic E-state index is 0.242. The Morgan fingerprint density at radius 1 is 0.595 bits per heavy atom. The van der Waals surface area contributed by atoms with E-state index < -0.39 is 0 Å². The Morgan fingerprint density at radius 3 is 1.67 bits per heavy atom. The number of aromatic hydroxyl groups is 1. The summed E-state index contributed by atoms with van der Waals surface area (Å²) in [5, 5.41) is 10.6. The van der Waals surface area contributed by atoms with E-state index in [2.05, 4.69) is 39.0 Å². The van der Waals surface area contributed by atoms with Crippen LogP contribution in [0.5, 0.6) is 23.0 Å². The van der Waals surface area contributed by atoms with Crippen LogP contribution in [0.1, 0.15) is 16.8 Å². The Morgan fingerprint density at radius 2 is 1.14 bits per heavy atom. The maximum atomic E-state index is 10.6. The van der Waals surface area contributed by atoms with Gasteiger partial charge in [-0.1, -0.05) is 18.2 Å². The summed E-state index contributed by atoms with van der Waals surface area (Å²) in [5.74, 6) is 2.56. The van der Waals surface area contributed by atoms with Crippen LogP contribution in [0.25, 0.3) is 0 Å². The fraction of sp³-hybridized carbons (Fsp3) is 0.171. The molecule has 0 amide bonds. The molecule has 0 spiro atoms. The van der Waals surface area contributed by atoms with Crippen molar-refractivity contribution in [2.24, 2.45) is 0 Å². The molecule has 1 aromatic heterocycles. The van der Waals surface area contributed by atoms with Crippen molar-refractivity contribution in [1.82, 2.24) is 9.88 Å². The summed E-state index contributed by atoms with van der Waals surface area (Å²) in [7, 11) is 4.97. The van der Waals surface area contributed by atoms with Crippen LogP contribution in [0.3, 0.4) is 0 Å². The number of hydrogen-bond acceptors (Lipinski definition) is 7. The molecule has 1 N–H and O–H groups in total. The molecule has 0 bridgehead atoms. The third kappa shape index (κ3) is 7.00. The fourth-order valence-corrected chi connectivity index (χ4v) is 4.86. The topological polar surface area (TPSA) is 67.3 Å². The summed E-state index contributed by atoms with van der Waals surface area (Å²) < 4.78 is 16.2. The van der Waals surface area contributed by atoms with Crippen LogP contribution in [0.2, 0.25) is 0 Å². The van der Waals surface area contributed by atoms with Crippen molar-refractivity contribution in [1.29, 1.82) is 0 Å². The first kappa shape index (κ1) is 28.5. The molecule has 5 rings (SSSR count). The van der Waals surface area contributed by atoms with E-state index in [9.17, 15) is 5.11 Å². The van der Waals surface area contributed by atoms with Crippen molar-refractivity contribution in [2.75, 3.05) is 26.2 Å². The highest BCUT2D eigenvalue weighted by molar-refractivity contribution is 5.77. The predicted molar refractivity (Wildman–Crippen MR) is 166 cm³/mol. The molecule has 4 aromatic carbocycles. The molecule has 214 valence electrons. The lowest BCUT2D eigenvalue weighted by Crippen LogP contribution is -2.23. The summed E-state index contributed by atoms with van der Waals surface area (Å²) in [4.78, 5) is 8.99. The van der Waals surface area contributed by atoms with Gasteiger partial charge in [0.25, 0.3) is 0 Å². The Hall–Kier alpha value is -5.01. The summed E-state index contributed by atoms with van der Waals surface area (Å²) in [6.45, 7) is 1.83. The number of ether oxygens (including phenoxy) is 3. The molecule has 7 heteroatoms. The summed E-state index contributed by atoms with van der Waals surface area (Å²) in [6, 6.07) is 35.8. The third-order valence-electron chi connectivity index (χ3n) is 7.05. The summed E-state index contributed by atoms with van der Waals surface area (Å²) in [5.41, 5.74) is 5.95. The SMILES string of the molecule is COc1ccc(N(c2ccc(CN(Cc3ccccn3)Cc3cc(OC)ccc3O)cc2)c2ccc(OC)cc2)cc1. The average molecular weight is 562 g/mol. The number of pyridine rings is 1. The molecule has 0 unspecified atom stereocenters. The van der Waals surface area contributed by atoms with E-state index in [0.29, 0.717) is 25.4 Å². The van der Waals surface area contributed by atoms with Gasteiger partial charge in [-0.3, -0.25) is 9.88 Å². The van der Waals surface area contributed by atoms with Gasteiger partial charge in [0, 0.05) is 48.5 Å². The van der Waals surface area contributed by atoms with E-state index in [1.807, 2.05) is 72.8 Å². The van der Waals surface area contributed by atoms with Crippen molar-refractivity contribution in [2.45, 2.75) is 19.6 Å². The standard InChI is InChI=1S/C35H35N3O4/c1-40-32-15-11-30(12-16-32)38(31-13-17-33(41-2)18-14-31)29-9-7-26(8-10-29)23-37(25-28-6-4-5-21-36-28)24-27-22-34(42-3)19-20-35(27)39/h4-22,39H,23-25H2,1-3H3. The van der Waals surface area contributed by atoms with Crippen molar-refractivity contribution >= 4 is 17.1 Å². The van der Waals surface area contributed by atoms with Gasteiger partial charge in [0.05, 0.1) is 27.0 Å². The second-order valence-corrected chi connectivity index (χ2v) is 9.86. The van der Waals surface area contributed by atoms with Crippen molar-refractivity contribution < 1.29 is 19.3 Å². The Bertz CT molecular complexity index is 1510. The molecule has 0 aliphatic rings. The van der Waals surface area contributed by atoms with Crippen LogP contribution >= 0.6 is 0 Å². The molecule has 7 nitrogen and oxygen atoms in total. The zero-order valence-electron chi connectivity index (χ0n) is 24.1. The molecule has 0 saturated carbocycles. The molecule has 42 heavy (non-hydrogen) atoms. The monoisotopic (exact) mass is 561 g/mol. The first-order valence-electron chi connectivity index (χ1n) is 13.7. The number of aromatic nitrogens is 1. The zero-order valence-corrected chi connectivity index (χ0v) is 24.1. The quantitative estimate of drug-likeness (QED) is 0.169. The zero-order chi connectivity index (χ0) is 29.3. The van der Waals surface area contributed by atoms with Gasteiger partial charge < -0.3 is 24.2 Å². The fourth-order valence-electron chi connectivity index (χ4n) is 4.86. The van der Waals surface area contributed by atoms with Gasteiger partial charge in [-0.15, -0.1) is 0 Å². The second kappa shape index (κ2) is 13.6. The molecule has 0 aliphatic heterocycles.